The average Bonchev–Trinajstić information content (AvgIpc) is 3.24. The van der Waals surface area contributed by atoms with Gasteiger partial charge in [-0.15, -0.1) is 0 Å². The molecule has 2 bridgehead atoms. The summed E-state index contributed by atoms with van der Waals surface area (Å²) >= 11 is 0. The fourth-order valence-corrected chi connectivity index (χ4v) is 7.19. The Morgan fingerprint density at radius 1 is 0.909 bits per heavy atom. The van der Waals surface area contributed by atoms with Gasteiger partial charge in [0.1, 0.15) is 5.75 Å². The van der Waals surface area contributed by atoms with Crippen LogP contribution in [0.4, 0.5) is 29.2 Å². The van der Waals surface area contributed by atoms with Gasteiger partial charge in [-0.05, 0) is 44.7 Å². The van der Waals surface area contributed by atoms with Crippen molar-refractivity contribution in [3.05, 3.63) is 18.2 Å². The number of piperidine rings is 2. The maximum atomic E-state index is 13.5. The Kier molecular flexibility index (Phi) is 7.34. The number of hydrogen-bond acceptors (Lipinski definition) is 14. The number of phenolic OH excluding ortho intramolecular Hbond substituents is 1. The molecule has 4 aliphatic rings. The summed E-state index contributed by atoms with van der Waals surface area (Å²) in [6.45, 7) is 7.76. The molecule has 4 fully saturated rings. The highest BCUT2D eigenvalue weighted by atomic mass is 16.6. The summed E-state index contributed by atoms with van der Waals surface area (Å²) in [6.07, 6.45) is 2.38. The van der Waals surface area contributed by atoms with E-state index in [0.717, 1.165) is 0 Å². The van der Waals surface area contributed by atoms with Crippen molar-refractivity contribution < 1.29 is 19.4 Å². The van der Waals surface area contributed by atoms with E-state index >= 15 is 0 Å². The van der Waals surface area contributed by atoms with Crippen molar-refractivity contribution in [1.82, 2.24) is 15.0 Å². The summed E-state index contributed by atoms with van der Waals surface area (Å²) in [5, 5.41) is 16.8. The third-order valence-corrected chi connectivity index (χ3v) is 10.2. The van der Waals surface area contributed by atoms with Gasteiger partial charge in [-0.25, -0.2) is 0 Å². The summed E-state index contributed by atoms with van der Waals surface area (Å²) in [5.74, 6) is 0.0610. The first-order chi connectivity index (χ1) is 20.7. The number of carbonyl (C=O) groups excluding carboxylic acids is 2. The van der Waals surface area contributed by atoms with Crippen LogP contribution in [0.3, 0.4) is 0 Å². The standard InChI is InChI=1S/C29H43N11O4/c1-27(2)28(3)6-7-29(27,44-23(28)43)22(42)35-20-5-4-19(10-21(20)41)34-24-36-25(39-11-15(30)8-16(31)12-39)38-26(37-24)40-13-17(32)9-18(33)14-40/h4-5,10,15-18,41H,6-9,11-14,30-33H2,1-3H3,(H,35,42)(H,34,36,37,38)/t15-,16+,17-,18+,28?,29-/m1/s1. The van der Waals surface area contributed by atoms with Crippen LogP contribution in [0, 0.1) is 10.8 Å². The lowest BCUT2D eigenvalue weighted by Crippen LogP contribution is -2.54. The van der Waals surface area contributed by atoms with Crippen LogP contribution in [0.5, 0.6) is 5.75 Å². The Labute approximate surface area is 256 Å². The van der Waals surface area contributed by atoms with E-state index in [4.69, 9.17) is 32.7 Å². The highest BCUT2D eigenvalue weighted by Gasteiger charge is 2.75. The number of rotatable bonds is 6. The first-order valence-electron chi connectivity index (χ1n) is 15.1. The number of benzene rings is 1. The lowest BCUT2D eigenvalue weighted by molar-refractivity contribution is -0.165. The second-order valence-corrected chi connectivity index (χ2v) is 13.6. The van der Waals surface area contributed by atoms with Gasteiger partial charge in [-0.3, -0.25) is 9.59 Å². The zero-order valence-corrected chi connectivity index (χ0v) is 25.4. The number of fused-ring (bicyclic) bond motifs is 2. The van der Waals surface area contributed by atoms with Crippen molar-refractivity contribution in [3.8, 4) is 5.75 Å². The van der Waals surface area contributed by atoms with Gasteiger partial charge in [0, 0.05) is 67.5 Å². The first-order valence-corrected chi connectivity index (χ1v) is 15.1. The number of aromatic nitrogens is 3. The minimum Gasteiger partial charge on any atom is -0.506 e. The van der Waals surface area contributed by atoms with Gasteiger partial charge in [-0.2, -0.15) is 15.0 Å². The molecule has 44 heavy (non-hydrogen) atoms. The Hall–Kier alpha value is -3.79. The van der Waals surface area contributed by atoms with Crippen LogP contribution in [0.15, 0.2) is 18.2 Å². The number of ether oxygens (including phenoxy) is 1. The number of nitrogens with one attached hydrogen (secondary N) is 2. The molecule has 6 rings (SSSR count). The zero-order valence-electron chi connectivity index (χ0n) is 25.4. The van der Waals surface area contributed by atoms with E-state index in [2.05, 4.69) is 20.6 Å². The molecule has 1 saturated carbocycles. The third kappa shape index (κ3) is 4.97. The molecular weight excluding hydrogens is 566 g/mol. The molecule has 1 aromatic heterocycles. The lowest BCUT2D eigenvalue weighted by Gasteiger charge is -2.37. The quantitative estimate of drug-likeness (QED) is 0.170. The van der Waals surface area contributed by atoms with Crippen LogP contribution in [0.1, 0.15) is 46.5 Å². The van der Waals surface area contributed by atoms with Gasteiger partial charge in [0.05, 0.1) is 11.1 Å². The second kappa shape index (κ2) is 10.7. The first kappa shape index (κ1) is 30.2. The number of amides is 1. The van der Waals surface area contributed by atoms with Crippen LogP contribution in [0.2, 0.25) is 0 Å². The highest BCUT2D eigenvalue weighted by Crippen LogP contribution is 2.65. The summed E-state index contributed by atoms with van der Waals surface area (Å²) in [6, 6.07) is 4.22. The molecule has 2 aromatic rings. The fourth-order valence-electron chi connectivity index (χ4n) is 7.19. The number of hydrogen-bond donors (Lipinski definition) is 7. The number of carbonyl (C=O) groups is 2. The summed E-state index contributed by atoms with van der Waals surface area (Å²) in [5.41, 5.74) is 22.9. The van der Waals surface area contributed by atoms with Crippen LogP contribution in [0.25, 0.3) is 0 Å². The predicted octanol–water partition coefficient (Wildman–Crippen LogP) is 0.111. The zero-order chi connectivity index (χ0) is 31.6. The molecule has 1 aromatic carbocycles. The van der Waals surface area contributed by atoms with E-state index in [1.807, 2.05) is 30.6 Å². The summed E-state index contributed by atoms with van der Waals surface area (Å²) in [4.78, 5) is 44.1. The Bertz CT molecular complexity index is 1410. The molecule has 15 nitrogen and oxygen atoms in total. The molecule has 11 N–H and O–H groups in total. The van der Waals surface area contributed by atoms with Gasteiger partial charge in [0.15, 0.2) is 5.60 Å². The molecule has 15 heteroatoms. The third-order valence-electron chi connectivity index (χ3n) is 10.2. The van der Waals surface area contributed by atoms with Gasteiger partial charge in [0.25, 0.3) is 5.91 Å². The topological polar surface area (TPSA) is 237 Å². The van der Waals surface area contributed by atoms with Crippen LogP contribution in [-0.2, 0) is 14.3 Å². The average molecular weight is 610 g/mol. The van der Waals surface area contributed by atoms with E-state index in [1.165, 1.54) is 6.07 Å². The second-order valence-electron chi connectivity index (χ2n) is 13.6. The molecule has 6 atom stereocenters. The largest absolute Gasteiger partial charge is 0.506 e. The molecule has 4 heterocycles. The van der Waals surface area contributed by atoms with E-state index in [9.17, 15) is 14.7 Å². The smallest absolute Gasteiger partial charge is 0.313 e. The van der Waals surface area contributed by atoms with Gasteiger partial charge in [0.2, 0.25) is 17.8 Å². The molecule has 1 aliphatic carbocycles. The predicted molar refractivity (Wildman–Crippen MR) is 165 cm³/mol. The van der Waals surface area contributed by atoms with Crippen molar-refractivity contribution in [2.24, 2.45) is 33.8 Å². The van der Waals surface area contributed by atoms with Gasteiger partial charge < -0.3 is 53.2 Å². The van der Waals surface area contributed by atoms with Crippen LogP contribution in [-0.4, -0.2) is 87.9 Å². The normalized spacial score (nSPS) is 32.8. The molecule has 3 aliphatic heterocycles. The number of anilines is 5. The SMILES string of the molecule is CC12CC[C@](C(=O)Nc3ccc(Nc4nc(N5C[C@H](N)C[C@H](N)C5)nc(N5C[C@H](N)C[C@H](N)C5)n4)cc3O)(OC1=O)C2(C)C. The van der Waals surface area contributed by atoms with E-state index < -0.39 is 22.3 Å². The van der Waals surface area contributed by atoms with Gasteiger partial charge >= 0.3 is 5.97 Å². The number of esters is 1. The van der Waals surface area contributed by atoms with Crippen molar-refractivity contribution in [2.75, 3.05) is 46.6 Å². The van der Waals surface area contributed by atoms with Gasteiger partial charge in [-0.1, -0.05) is 13.8 Å². The number of nitrogens with zero attached hydrogens (tertiary/aromatic N) is 5. The maximum absolute atomic E-state index is 13.5. The summed E-state index contributed by atoms with van der Waals surface area (Å²) < 4.78 is 5.68. The van der Waals surface area contributed by atoms with Crippen molar-refractivity contribution >= 4 is 41.1 Å². The highest BCUT2D eigenvalue weighted by molar-refractivity contribution is 6.04. The Morgan fingerprint density at radius 2 is 1.45 bits per heavy atom. The monoisotopic (exact) mass is 609 g/mol. The molecule has 1 unspecified atom stereocenters. The molecule has 3 saturated heterocycles. The maximum Gasteiger partial charge on any atom is 0.313 e. The van der Waals surface area contributed by atoms with Crippen molar-refractivity contribution in [1.29, 1.82) is 0 Å². The lowest BCUT2D eigenvalue weighted by atomic mass is 9.66. The minimum absolute atomic E-state index is 0.122. The Morgan fingerprint density at radius 3 is 1.91 bits per heavy atom. The van der Waals surface area contributed by atoms with Crippen LogP contribution >= 0.6 is 0 Å². The van der Waals surface area contributed by atoms with Crippen molar-refractivity contribution in [3.63, 3.8) is 0 Å². The fraction of sp³-hybridized carbons (Fsp3) is 0.621. The van der Waals surface area contributed by atoms with Crippen molar-refractivity contribution in [2.45, 2.75) is 76.2 Å². The molecule has 0 spiro atoms. The molecule has 238 valence electrons. The van der Waals surface area contributed by atoms with E-state index in [0.29, 0.717) is 69.4 Å². The molecule has 1 amide bonds. The van der Waals surface area contributed by atoms with Crippen LogP contribution < -0.4 is 43.4 Å². The molecular formula is C29H43N11O4. The number of phenols is 1. The number of nitrogens with two attached hydrogens (primary N) is 4. The Balaban J connectivity index is 1.25. The summed E-state index contributed by atoms with van der Waals surface area (Å²) in [7, 11) is 0. The molecule has 0 radical (unpaired) electrons. The minimum atomic E-state index is -1.31. The van der Waals surface area contributed by atoms with E-state index in [1.54, 1.807) is 12.1 Å². The number of aromatic hydroxyl groups is 1. The van der Waals surface area contributed by atoms with E-state index in [-0.39, 0.29) is 47.5 Å².